The Morgan fingerprint density at radius 2 is 1.62 bits per heavy atom. The van der Waals surface area contributed by atoms with Gasteiger partial charge in [-0.25, -0.2) is 9.82 Å². The number of ketones is 2. The number of halogens is 1. The highest BCUT2D eigenvalue weighted by Gasteiger charge is 2.18. The van der Waals surface area contributed by atoms with Crippen LogP contribution in [-0.4, -0.2) is 17.6 Å². The van der Waals surface area contributed by atoms with Crippen molar-refractivity contribution in [2.45, 2.75) is 19.9 Å². The van der Waals surface area contributed by atoms with E-state index in [1.165, 1.54) is 38.1 Å². The molecule has 0 unspecified atom stereocenters. The van der Waals surface area contributed by atoms with Crippen molar-refractivity contribution < 1.29 is 14.0 Å². The molecule has 0 fully saturated rings. The Balaban J connectivity index is 2.59. The molecule has 0 saturated carbocycles. The SMILES string of the molecule is CC(=O)C(NNc1ccc(F)cc1)C(C)=O. The van der Waals surface area contributed by atoms with Crippen LogP contribution in [0.15, 0.2) is 24.3 Å². The van der Waals surface area contributed by atoms with E-state index < -0.39 is 6.04 Å². The summed E-state index contributed by atoms with van der Waals surface area (Å²) in [6.07, 6.45) is 0. The molecule has 0 atom stereocenters. The van der Waals surface area contributed by atoms with Crippen LogP contribution >= 0.6 is 0 Å². The monoisotopic (exact) mass is 224 g/mol. The van der Waals surface area contributed by atoms with Gasteiger partial charge in [-0.15, -0.1) is 0 Å². The number of hydrazine groups is 1. The molecule has 86 valence electrons. The van der Waals surface area contributed by atoms with Gasteiger partial charge in [0.05, 0.1) is 0 Å². The normalized spacial score (nSPS) is 10.2. The molecular formula is C11H13FN2O2. The molecule has 1 aromatic rings. The molecular weight excluding hydrogens is 211 g/mol. The molecule has 0 aliphatic carbocycles. The Morgan fingerprint density at radius 3 is 2.06 bits per heavy atom. The number of anilines is 1. The maximum atomic E-state index is 12.6. The standard InChI is InChI=1S/C11H13FN2O2/c1-7(15)11(8(2)16)14-13-10-5-3-9(12)4-6-10/h3-6,11,13-14H,1-2H3. The summed E-state index contributed by atoms with van der Waals surface area (Å²) < 4.78 is 12.6. The molecule has 0 radical (unpaired) electrons. The number of hydrogen-bond acceptors (Lipinski definition) is 4. The van der Waals surface area contributed by atoms with Crippen LogP contribution in [0.3, 0.4) is 0 Å². The molecule has 1 aromatic carbocycles. The van der Waals surface area contributed by atoms with Crippen molar-refractivity contribution in [2.75, 3.05) is 5.43 Å². The number of nitrogens with one attached hydrogen (secondary N) is 2. The van der Waals surface area contributed by atoms with Crippen LogP contribution in [0.5, 0.6) is 0 Å². The van der Waals surface area contributed by atoms with E-state index in [9.17, 15) is 14.0 Å². The molecule has 4 nitrogen and oxygen atoms in total. The highest BCUT2D eigenvalue weighted by molar-refractivity contribution is 6.04. The number of hydrogen-bond donors (Lipinski definition) is 2. The summed E-state index contributed by atoms with van der Waals surface area (Å²) in [6.45, 7) is 2.65. The first-order valence-electron chi connectivity index (χ1n) is 4.78. The van der Waals surface area contributed by atoms with E-state index in [1.54, 1.807) is 0 Å². The maximum Gasteiger partial charge on any atom is 0.156 e. The Bertz CT molecular complexity index is 375. The Hall–Kier alpha value is -1.75. The molecule has 2 N–H and O–H groups in total. The van der Waals surface area contributed by atoms with Crippen molar-refractivity contribution in [1.29, 1.82) is 0 Å². The topological polar surface area (TPSA) is 58.2 Å². The van der Waals surface area contributed by atoms with Gasteiger partial charge in [-0.3, -0.25) is 9.59 Å². The molecule has 1 rings (SSSR count). The van der Waals surface area contributed by atoms with Gasteiger partial charge in [-0.2, -0.15) is 0 Å². The zero-order chi connectivity index (χ0) is 12.1. The van der Waals surface area contributed by atoms with Crippen LogP contribution in [0.2, 0.25) is 0 Å². The lowest BCUT2D eigenvalue weighted by atomic mass is 10.1. The summed E-state index contributed by atoms with van der Waals surface area (Å²) in [5.41, 5.74) is 5.84. The summed E-state index contributed by atoms with van der Waals surface area (Å²) in [6, 6.07) is 4.67. The van der Waals surface area contributed by atoms with Crippen LogP contribution in [0.25, 0.3) is 0 Å². The molecule has 0 bridgehead atoms. The van der Waals surface area contributed by atoms with Crippen molar-refractivity contribution in [2.24, 2.45) is 0 Å². The molecule has 0 aliphatic heterocycles. The van der Waals surface area contributed by atoms with Gasteiger partial charge < -0.3 is 5.43 Å². The van der Waals surface area contributed by atoms with Crippen LogP contribution < -0.4 is 10.9 Å². The van der Waals surface area contributed by atoms with Gasteiger partial charge in [0, 0.05) is 5.69 Å². The Kier molecular flexibility index (Phi) is 4.13. The third kappa shape index (κ3) is 3.43. The van der Waals surface area contributed by atoms with E-state index in [0.29, 0.717) is 5.69 Å². The Labute approximate surface area is 92.8 Å². The number of carbonyl (C=O) groups excluding carboxylic acids is 2. The largest absolute Gasteiger partial charge is 0.320 e. The lowest BCUT2D eigenvalue weighted by Crippen LogP contribution is -2.44. The number of Topliss-reactive ketones (excluding diaryl/α,β-unsaturated/α-hetero) is 2. The predicted octanol–water partition coefficient (Wildman–Crippen LogP) is 1.29. The van der Waals surface area contributed by atoms with E-state index in [4.69, 9.17) is 0 Å². The van der Waals surface area contributed by atoms with E-state index in [1.807, 2.05) is 0 Å². The minimum atomic E-state index is -0.884. The lowest BCUT2D eigenvalue weighted by molar-refractivity contribution is -0.127. The highest BCUT2D eigenvalue weighted by atomic mass is 19.1. The zero-order valence-electron chi connectivity index (χ0n) is 9.08. The average Bonchev–Trinajstić information content (AvgIpc) is 2.20. The summed E-state index contributed by atoms with van der Waals surface area (Å²) in [5.74, 6) is -0.899. The first-order chi connectivity index (χ1) is 7.50. The molecule has 0 saturated heterocycles. The smallest absolute Gasteiger partial charge is 0.156 e. The number of rotatable bonds is 5. The van der Waals surface area contributed by atoms with Crippen molar-refractivity contribution in [1.82, 2.24) is 5.43 Å². The minimum absolute atomic E-state index is 0.276. The summed E-state index contributed by atoms with van der Waals surface area (Å²) in [5, 5.41) is 0. The minimum Gasteiger partial charge on any atom is -0.320 e. The molecule has 0 heterocycles. The third-order valence-electron chi connectivity index (χ3n) is 2.02. The molecule has 0 spiro atoms. The van der Waals surface area contributed by atoms with Gasteiger partial charge in [-0.1, -0.05) is 0 Å². The molecule has 5 heteroatoms. The summed E-state index contributed by atoms with van der Waals surface area (Å²) in [7, 11) is 0. The van der Waals surface area contributed by atoms with Crippen LogP contribution in [0.1, 0.15) is 13.8 Å². The second-order valence-electron chi connectivity index (χ2n) is 3.43. The molecule has 0 amide bonds. The van der Waals surface area contributed by atoms with Crippen molar-refractivity contribution >= 4 is 17.3 Å². The van der Waals surface area contributed by atoms with E-state index >= 15 is 0 Å². The van der Waals surface area contributed by atoms with Gasteiger partial charge in [-0.05, 0) is 38.1 Å². The third-order valence-corrected chi connectivity index (χ3v) is 2.02. The van der Waals surface area contributed by atoms with Gasteiger partial charge in [0.15, 0.2) is 11.6 Å². The zero-order valence-corrected chi connectivity index (χ0v) is 9.08. The van der Waals surface area contributed by atoms with Crippen molar-refractivity contribution in [3.05, 3.63) is 30.1 Å². The Morgan fingerprint density at radius 1 is 1.12 bits per heavy atom. The average molecular weight is 224 g/mol. The van der Waals surface area contributed by atoms with E-state index in [0.717, 1.165) is 0 Å². The first kappa shape index (κ1) is 12.3. The van der Waals surface area contributed by atoms with Gasteiger partial charge >= 0.3 is 0 Å². The second kappa shape index (κ2) is 5.37. The second-order valence-corrected chi connectivity index (χ2v) is 3.43. The lowest BCUT2D eigenvalue weighted by Gasteiger charge is -2.14. The quantitative estimate of drug-likeness (QED) is 0.584. The van der Waals surface area contributed by atoms with E-state index in [2.05, 4.69) is 10.9 Å². The predicted molar refractivity (Wildman–Crippen MR) is 58.3 cm³/mol. The highest BCUT2D eigenvalue weighted by Crippen LogP contribution is 2.06. The van der Waals surface area contributed by atoms with Gasteiger partial charge in [0.25, 0.3) is 0 Å². The fourth-order valence-electron chi connectivity index (χ4n) is 1.18. The van der Waals surface area contributed by atoms with Crippen LogP contribution in [0.4, 0.5) is 10.1 Å². The van der Waals surface area contributed by atoms with Gasteiger partial charge in [0.2, 0.25) is 0 Å². The molecule has 0 aliphatic rings. The van der Waals surface area contributed by atoms with Crippen LogP contribution in [-0.2, 0) is 9.59 Å². The van der Waals surface area contributed by atoms with E-state index in [-0.39, 0.29) is 17.4 Å². The summed E-state index contributed by atoms with van der Waals surface area (Å²) >= 11 is 0. The van der Waals surface area contributed by atoms with Crippen molar-refractivity contribution in [3.63, 3.8) is 0 Å². The van der Waals surface area contributed by atoms with Crippen LogP contribution in [0, 0.1) is 5.82 Å². The molecule has 16 heavy (non-hydrogen) atoms. The number of carbonyl (C=O) groups is 2. The number of benzene rings is 1. The van der Waals surface area contributed by atoms with Crippen molar-refractivity contribution in [3.8, 4) is 0 Å². The maximum absolute atomic E-state index is 12.6. The fraction of sp³-hybridized carbons (Fsp3) is 0.273. The summed E-state index contributed by atoms with van der Waals surface area (Å²) in [4.78, 5) is 22.2. The fourth-order valence-corrected chi connectivity index (χ4v) is 1.18. The first-order valence-corrected chi connectivity index (χ1v) is 4.78. The molecule has 0 aromatic heterocycles. The van der Waals surface area contributed by atoms with Gasteiger partial charge in [0.1, 0.15) is 11.9 Å².